The highest BCUT2D eigenvalue weighted by atomic mass is 79.9. The van der Waals surface area contributed by atoms with E-state index in [2.05, 4.69) is 20.9 Å². The van der Waals surface area contributed by atoms with Crippen LogP contribution in [0.25, 0.3) is 0 Å². The summed E-state index contributed by atoms with van der Waals surface area (Å²) in [5.74, 6) is -2.43. The molecule has 0 bridgehead atoms. The largest absolute Gasteiger partial charge is 0.319 e. The molecule has 1 aromatic heterocycles. The van der Waals surface area contributed by atoms with Gasteiger partial charge in [0.25, 0.3) is 5.91 Å². The van der Waals surface area contributed by atoms with E-state index in [-0.39, 0.29) is 21.3 Å². The number of aromatic nitrogens is 1. The number of hydrogen-bond acceptors (Lipinski definition) is 6. The van der Waals surface area contributed by atoms with Gasteiger partial charge in [-0.25, -0.2) is 12.8 Å². The topological polar surface area (TPSA) is 110 Å². The fourth-order valence-corrected chi connectivity index (χ4v) is 4.96. The predicted molar refractivity (Wildman–Crippen MR) is 127 cm³/mol. The van der Waals surface area contributed by atoms with Crippen LogP contribution in [0.3, 0.4) is 0 Å². The molecule has 1 aliphatic rings. The van der Waals surface area contributed by atoms with Gasteiger partial charge < -0.3 is 4.90 Å². The molecule has 1 aliphatic carbocycles. The van der Waals surface area contributed by atoms with E-state index in [9.17, 15) is 27.7 Å². The second-order valence-corrected chi connectivity index (χ2v) is 11.0. The lowest BCUT2D eigenvalue weighted by atomic mass is 10.1. The molecule has 3 aromatic rings. The molecule has 0 radical (unpaired) electrons. The molecule has 1 fully saturated rings. The van der Waals surface area contributed by atoms with E-state index in [1.807, 2.05) is 0 Å². The van der Waals surface area contributed by atoms with Gasteiger partial charge >= 0.3 is 5.69 Å². The number of sulfone groups is 1. The summed E-state index contributed by atoms with van der Waals surface area (Å²) in [6, 6.07) is 8.55. The van der Waals surface area contributed by atoms with Gasteiger partial charge in [0, 0.05) is 29.6 Å². The summed E-state index contributed by atoms with van der Waals surface area (Å²) in [6.07, 6.45) is 4.20. The van der Waals surface area contributed by atoms with E-state index in [4.69, 9.17) is 0 Å². The molecular formula is C23H18BrF2N3O5S. The molecule has 1 amide bonds. The fourth-order valence-electron chi connectivity index (χ4n) is 3.63. The Bertz CT molecular complexity index is 1440. The van der Waals surface area contributed by atoms with Crippen LogP contribution in [-0.4, -0.2) is 30.5 Å². The van der Waals surface area contributed by atoms with Crippen LogP contribution in [0, 0.1) is 21.7 Å². The highest BCUT2D eigenvalue weighted by Crippen LogP contribution is 2.39. The summed E-state index contributed by atoms with van der Waals surface area (Å²) in [5.41, 5.74) is -0.353. The summed E-state index contributed by atoms with van der Waals surface area (Å²) in [5, 5.41) is 11.3. The van der Waals surface area contributed by atoms with Crippen LogP contribution >= 0.6 is 15.9 Å². The molecule has 182 valence electrons. The van der Waals surface area contributed by atoms with Gasteiger partial charge in [-0.1, -0.05) is 6.07 Å². The maximum absolute atomic E-state index is 15.1. The Balaban J connectivity index is 1.84. The van der Waals surface area contributed by atoms with Crippen molar-refractivity contribution in [3.8, 4) is 0 Å². The van der Waals surface area contributed by atoms with Gasteiger partial charge in [0.1, 0.15) is 5.82 Å². The number of nitro groups is 1. The Morgan fingerprint density at radius 3 is 2.49 bits per heavy atom. The first-order chi connectivity index (χ1) is 16.5. The molecule has 2 aromatic carbocycles. The number of nitrogens with zero attached hydrogens (tertiary/aromatic N) is 3. The maximum atomic E-state index is 15.1. The van der Waals surface area contributed by atoms with E-state index in [0.717, 1.165) is 47.9 Å². The van der Waals surface area contributed by atoms with Crippen molar-refractivity contribution in [2.45, 2.75) is 30.2 Å². The lowest BCUT2D eigenvalue weighted by Crippen LogP contribution is -2.32. The molecule has 0 atom stereocenters. The van der Waals surface area contributed by atoms with E-state index < -0.39 is 49.4 Å². The third-order valence-corrected chi connectivity index (χ3v) is 7.31. The second-order valence-electron chi connectivity index (χ2n) is 8.15. The third kappa shape index (κ3) is 5.22. The van der Waals surface area contributed by atoms with Crippen LogP contribution in [0.4, 0.5) is 20.2 Å². The number of halogens is 3. The maximum Gasteiger partial charge on any atom is 0.319 e. The minimum absolute atomic E-state index is 0.0881. The van der Waals surface area contributed by atoms with Gasteiger partial charge in [0.05, 0.1) is 32.1 Å². The molecule has 0 unspecified atom stereocenters. The van der Waals surface area contributed by atoms with Gasteiger partial charge in [-0.3, -0.25) is 19.9 Å². The molecule has 4 rings (SSSR count). The van der Waals surface area contributed by atoms with Crippen LogP contribution in [0.5, 0.6) is 0 Å². The Morgan fingerprint density at radius 2 is 1.91 bits per heavy atom. The van der Waals surface area contributed by atoms with Crippen molar-refractivity contribution in [2.24, 2.45) is 0 Å². The first-order valence-corrected chi connectivity index (χ1v) is 13.0. The summed E-state index contributed by atoms with van der Waals surface area (Å²) < 4.78 is 53.8. The highest BCUT2D eigenvalue weighted by Gasteiger charge is 2.30. The smallest absolute Gasteiger partial charge is 0.302 e. The van der Waals surface area contributed by atoms with Crippen molar-refractivity contribution in [1.29, 1.82) is 0 Å². The Hall–Kier alpha value is -3.25. The van der Waals surface area contributed by atoms with Gasteiger partial charge in [-0.15, -0.1) is 0 Å². The number of benzene rings is 2. The molecule has 12 heteroatoms. The second kappa shape index (κ2) is 9.42. The molecular weight excluding hydrogens is 548 g/mol. The summed E-state index contributed by atoms with van der Waals surface area (Å²) in [4.78, 5) is 28.7. The van der Waals surface area contributed by atoms with Crippen LogP contribution in [-0.2, 0) is 16.4 Å². The minimum atomic E-state index is -4.02. The fraction of sp³-hybridized carbons (Fsp3) is 0.217. The molecule has 35 heavy (non-hydrogen) atoms. The molecule has 0 spiro atoms. The number of hydrogen-bond donors (Lipinski definition) is 0. The molecule has 1 heterocycles. The normalized spacial score (nSPS) is 13.5. The van der Waals surface area contributed by atoms with Crippen molar-refractivity contribution in [3.63, 3.8) is 0 Å². The van der Waals surface area contributed by atoms with Gasteiger partial charge in [-0.2, -0.15) is 4.39 Å². The first-order valence-electron chi connectivity index (χ1n) is 10.4. The number of nitro benzene ring substituents is 1. The zero-order valence-corrected chi connectivity index (χ0v) is 20.6. The Morgan fingerprint density at radius 1 is 1.20 bits per heavy atom. The van der Waals surface area contributed by atoms with Crippen LogP contribution in [0.2, 0.25) is 0 Å². The van der Waals surface area contributed by atoms with Crippen LogP contribution in [0.1, 0.15) is 40.4 Å². The van der Waals surface area contributed by atoms with Crippen LogP contribution < -0.4 is 4.90 Å². The SMILES string of the molecule is CS(=O)(=O)c1cc(F)ccc1N(Cc1ccc(Br)c([N+](=O)[O-])c1F)C(=O)c1ccc(C2CC2)nc1. The third-order valence-electron chi connectivity index (χ3n) is 5.54. The molecule has 0 saturated heterocycles. The lowest BCUT2D eigenvalue weighted by molar-refractivity contribution is -0.388. The van der Waals surface area contributed by atoms with Crippen LogP contribution in [0.15, 0.2) is 58.0 Å². The highest BCUT2D eigenvalue weighted by molar-refractivity contribution is 9.10. The minimum Gasteiger partial charge on any atom is -0.302 e. The lowest BCUT2D eigenvalue weighted by Gasteiger charge is -2.25. The average molecular weight is 566 g/mol. The number of pyridine rings is 1. The Kier molecular flexibility index (Phi) is 6.69. The number of carbonyl (C=O) groups is 1. The van der Waals surface area contributed by atoms with Crippen molar-refractivity contribution < 1.29 is 26.9 Å². The van der Waals surface area contributed by atoms with Crippen molar-refractivity contribution in [2.75, 3.05) is 11.2 Å². The molecule has 8 nitrogen and oxygen atoms in total. The zero-order chi connectivity index (χ0) is 25.5. The summed E-state index contributed by atoms with van der Waals surface area (Å²) in [7, 11) is -4.02. The number of amides is 1. The zero-order valence-electron chi connectivity index (χ0n) is 18.2. The molecule has 0 aliphatic heterocycles. The Labute approximate surface area is 207 Å². The van der Waals surface area contributed by atoms with Crippen molar-refractivity contribution in [1.82, 2.24) is 4.98 Å². The number of anilines is 1. The standard InChI is InChI=1S/C23H18BrF2N3O5S/c1-35(33,34)20-10-16(25)6-9-19(20)28(12-15-4-7-17(24)22(21(15)26)29(31)32)23(30)14-5-8-18(27-11-14)13-2-3-13/h4-11,13H,2-3,12H2,1H3. The monoisotopic (exact) mass is 565 g/mol. The molecule has 0 N–H and O–H groups in total. The van der Waals surface area contributed by atoms with Gasteiger partial charge in [-0.05, 0) is 65.2 Å². The quantitative estimate of drug-likeness (QED) is 0.289. The van der Waals surface area contributed by atoms with Gasteiger partial charge in [0.15, 0.2) is 9.84 Å². The number of carbonyl (C=O) groups excluding carboxylic acids is 1. The van der Waals surface area contributed by atoms with Gasteiger partial charge in [0.2, 0.25) is 5.82 Å². The predicted octanol–water partition coefficient (Wildman–Crippen LogP) is 5.16. The first kappa shape index (κ1) is 24.9. The number of rotatable bonds is 7. The van der Waals surface area contributed by atoms with E-state index in [0.29, 0.717) is 5.92 Å². The van der Waals surface area contributed by atoms with Crippen molar-refractivity contribution >= 4 is 43.0 Å². The van der Waals surface area contributed by atoms with E-state index in [1.54, 1.807) is 6.07 Å². The molecule has 1 saturated carbocycles. The van der Waals surface area contributed by atoms with E-state index in [1.165, 1.54) is 24.4 Å². The van der Waals surface area contributed by atoms with E-state index >= 15 is 4.39 Å². The average Bonchev–Trinajstić information content (AvgIpc) is 3.63. The van der Waals surface area contributed by atoms with Crippen molar-refractivity contribution in [3.05, 3.63) is 91.7 Å². The summed E-state index contributed by atoms with van der Waals surface area (Å²) in [6.45, 7) is -0.558. The summed E-state index contributed by atoms with van der Waals surface area (Å²) >= 11 is 2.94.